The van der Waals surface area contributed by atoms with E-state index in [1.54, 1.807) is 6.20 Å². The van der Waals surface area contributed by atoms with Crippen molar-refractivity contribution in [3.8, 4) is 11.5 Å². The van der Waals surface area contributed by atoms with Crippen molar-refractivity contribution in [2.75, 3.05) is 19.6 Å². The third-order valence-electron chi connectivity index (χ3n) is 6.00. The first-order valence-electron chi connectivity index (χ1n) is 10.4. The van der Waals surface area contributed by atoms with Crippen LogP contribution in [0.15, 0.2) is 61.2 Å². The van der Waals surface area contributed by atoms with Gasteiger partial charge in [-0.15, -0.1) is 0 Å². The summed E-state index contributed by atoms with van der Waals surface area (Å²) in [5.74, 6) is 1.42. The van der Waals surface area contributed by atoms with Crippen LogP contribution in [0.2, 0.25) is 0 Å². The Morgan fingerprint density at radius 2 is 1.62 bits per heavy atom. The average molecular weight is 387 g/mol. The van der Waals surface area contributed by atoms with E-state index in [-0.39, 0.29) is 0 Å². The molecule has 0 unspecified atom stereocenters. The molecule has 2 atom stereocenters. The minimum absolute atomic E-state index is 0.591. The maximum absolute atomic E-state index is 4.55. The quantitative estimate of drug-likeness (QED) is 0.672. The van der Waals surface area contributed by atoms with E-state index in [0.29, 0.717) is 11.9 Å². The lowest BCUT2D eigenvalue weighted by molar-refractivity contribution is 0.123. The molecule has 0 saturated carbocycles. The third-order valence-corrected chi connectivity index (χ3v) is 6.00. The fourth-order valence-electron chi connectivity index (χ4n) is 4.62. The van der Waals surface area contributed by atoms with E-state index in [1.807, 2.05) is 42.9 Å². The molecule has 3 fully saturated rings. The normalized spacial score (nSPS) is 22.5. The predicted octanol–water partition coefficient (Wildman–Crippen LogP) is 3.03. The summed E-state index contributed by atoms with van der Waals surface area (Å²) in [5.41, 5.74) is 3.16. The van der Waals surface area contributed by atoms with Gasteiger partial charge in [0, 0.05) is 69.1 Å². The highest BCUT2D eigenvalue weighted by molar-refractivity contribution is 5.47. The summed E-state index contributed by atoms with van der Waals surface area (Å²) in [4.78, 5) is 23.2. The van der Waals surface area contributed by atoms with E-state index < -0.39 is 0 Å². The zero-order valence-electron chi connectivity index (χ0n) is 16.6. The van der Waals surface area contributed by atoms with Crippen LogP contribution in [0, 0.1) is 5.92 Å². The largest absolute Gasteiger partial charge is 0.296 e. The van der Waals surface area contributed by atoms with Crippen LogP contribution in [-0.4, -0.2) is 55.4 Å². The summed E-state index contributed by atoms with van der Waals surface area (Å²) < 4.78 is 0. The predicted molar refractivity (Wildman–Crippen MR) is 112 cm³/mol. The molecule has 29 heavy (non-hydrogen) atoms. The van der Waals surface area contributed by atoms with Crippen molar-refractivity contribution in [2.45, 2.75) is 32.0 Å². The number of rotatable bonds is 5. The van der Waals surface area contributed by atoms with Crippen LogP contribution in [0.5, 0.6) is 0 Å². The van der Waals surface area contributed by atoms with Crippen molar-refractivity contribution in [3.05, 3.63) is 72.4 Å². The van der Waals surface area contributed by atoms with E-state index in [0.717, 1.165) is 37.8 Å². The SMILES string of the molecule is c1ccc(CN2C[C@@H]3CC[C@H](C2)N(Cc2cnc(-c4ccccn4)nc2)C3)nc1. The highest BCUT2D eigenvalue weighted by Gasteiger charge is 2.34. The number of hydrogen-bond acceptors (Lipinski definition) is 6. The molecule has 0 aliphatic carbocycles. The molecule has 148 valence electrons. The molecular weight excluding hydrogens is 360 g/mol. The van der Waals surface area contributed by atoms with Gasteiger partial charge in [0.25, 0.3) is 0 Å². The maximum atomic E-state index is 4.55. The van der Waals surface area contributed by atoms with Crippen LogP contribution >= 0.6 is 0 Å². The van der Waals surface area contributed by atoms with Gasteiger partial charge in [0.05, 0.1) is 5.69 Å². The van der Waals surface area contributed by atoms with Crippen LogP contribution in [0.4, 0.5) is 0 Å². The summed E-state index contributed by atoms with van der Waals surface area (Å²) in [6, 6.07) is 12.6. The molecule has 6 nitrogen and oxygen atoms in total. The zero-order valence-corrected chi connectivity index (χ0v) is 16.6. The monoisotopic (exact) mass is 386 g/mol. The van der Waals surface area contributed by atoms with Gasteiger partial charge in [-0.1, -0.05) is 12.1 Å². The Balaban J connectivity index is 1.25. The minimum Gasteiger partial charge on any atom is -0.296 e. The smallest absolute Gasteiger partial charge is 0.178 e. The second kappa shape index (κ2) is 8.35. The van der Waals surface area contributed by atoms with E-state index in [2.05, 4.69) is 41.9 Å². The lowest BCUT2D eigenvalue weighted by atomic mass is 9.95. The molecule has 3 aliphatic rings. The Kier molecular flexibility index (Phi) is 5.28. The summed E-state index contributed by atoms with van der Waals surface area (Å²) in [7, 11) is 0. The fourth-order valence-corrected chi connectivity index (χ4v) is 4.62. The van der Waals surface area contributed by atoms with E-state index in [4.69, 9.17) is 0 Å². The summed E-state index contributed by atoms with van der Waals surface area (Å²) in [6.45, 7) is 5.30. The first-order valence-corrected chi connectivity index (χ1v) is 10.4. The molecule has 3 aromatic rings. The van der Waals surface area contributed by atoms with Crippen molar-refractivity contribution in [2.24, 2.45) is 5.92 Å². The Morgan fingerprint density at radius 3 is 2.38 bits per heavy atom. The second-order valence-electron chi connectivity index (χ2n) is 8.17. The van der Waals surface area contributed by atoms with Gasteiger partial charge < -0.3 is 0 Å². The highest BCUT2D eigenvalue weighted by Crippen LogP contribution is 2.29. The molecule has 0 aromatic carbocycles. The number of piperidine rings is 1. The number of pyridine rings is 2. The lowest BCUT2D eigenvalue weighted by Gasteiger charge is -2.36. The molecule has 6 heteroatoms. The van der Waals surface area contributed by atoms with Gasteiger partial charge in [-0.05, 0) is 43.0 Å². The Hall–Kier alpha value is -2.70. The average Bonchev–Trinajstić information content (AvgIpc) is 3.06. The number of nitrogens with zero attached hydrogens (tertiary/aromatic N) is 6. The van der Waals surface area contributed by atoms with Gasteiger partial charge in [-0.2, -0.15) is 0 Å². The molecule has 0 N–H and O–H groups in total. The summed E-state index contributed by atoms with van der Waals surface area (Å²) in [5, 5.41) is 0. The van der Waals surface area contributed by atoms with Crippen molar-refractivity contribution < 1.29 is 0 Å². The topological polar surface area (TPSA) is 58.0 Å². The van der Waals surface area contributed by atoms with Crippen LogP contribution in [0.3, 0.4) is 0 Å². The first kappa shape index (κ1) is 18.3. The Bertz CT molecular complexity index is 915. The molecule has 3 aliphatic heterocycles. The molecule has 0 spiro atoms. The zero-order chi connectivity index (χ0) is 19.5. The van der Waals surface area contributed by atoms with E-state index in [1.165, 1.54) is 30.6 Å². The molecule has 3 saturated heterocycles. The standard InChI is InChI=1S/C23H26N6/c1-3-9-24-20(5-1)16-28-13-18-7-8-21(17-28)29(14-18)15-19-11-26-23(27-12-19)22-6-2-4-10-25-22/h1-6,9-12,18,21H,7-8,13-17H2/t18-,21+/m0/s1. The van der Waals surface area contributed by atoms with Gasteiger partial charge in [0.2, 0.25) is 0 Å². The van der Waals surface area contributed by atoms with Gasteiger partial charge in [-0.3, -0.25) is 19.8 Å². The van der Waals surface area contributed by atoms with Crippen LogP contribution in [0.25, 0.3) is 11.5 Å². The lowest BCUT2D eigenvalue weighted by Crippen LogP contribution is -2.43. The molecule has 6 heterocycles. The molecule has 2 bridgehead atoms. The molecular formula is C23H26N6. The number of aromatic nitrogens is 4. The highest BCUT2D eigenvalue weighted by atomic mass is 15.3. The van der Waals surface area contributed by atoms with Gasteiger partial charge in [0.15, 0.2) is 5.82 Å². The van der Waals surface area contributed by atoms with Crippen molar-refractivity contribution in [1.29, 1.82) is 0 Å². The van der Waals surface area contributed by atoms with Crippen molar-refractivity contribution in [3.63, 3.8) is 0 Å². The van der Waals surface area contributed by atoms with Crippen LogP contribution < -0.4 is 0 Å². The number of fused-ring (bicyclic) bond motifs is 4. The van der Waals surface area contributed by atoms with Crippen molar-refractivity contribution in [1.82, 2.24) is 29.7 Å². The van der Waals surface area contributed by atoms with E-state index in [9.17, 15) is 0 Å². The van der Waals surface area contributed by atoms with Crippen LogP contribution in [-0.2, 0) is 13.1 Å². The molecule has 6 rings (SSSR count). The van der Waals surface area contributed by atoms with Crippen LogP contribution in [0.1, 0.15) is 24.1 Å². The number of hydrogen-bond donors (Lipinski definition) is 0. The first-order chi connectivity index (χ1) is 14.3. The Labute approximate surface area is 171 Å². The van der Waals surface area contributed by atoms with Crippen molar-refractivity contribution >= 4 is 0 Å². The van der Waals surface area contributed by atoms with Gasteiger partial charge in [-0.25, -0.2) is 9.97 Å². The fraction of sp³-hybridized carbons (Fsp3) is 0.391. The van der Waals surface area contributed by atoms with E-state index >= 15 is 0 Å². The minimum atomic E-state index is 0.591. The molecule has 3 aromatic heterocycles. The third kappa shape index (κ3) is 4.33. The Morgan fingerprint density at radius 1 is 0.793 bits per heavy atom. The summed E-state index contributed by atoms with van der Waals surface area (Å²) >= 11 is 0. The molecule has 0 amide bonds. The maximum Gasteiger partial charge on any atom is 0.178 e. The van der Waals surface area contributed by atoms with Gasteiger partial charge in [0.1, 0.15) is 5.69 Å². The summed E-state index contributed by atoms with van der Waals surface area (Å²) in [6.07, 6.45) is 10.2. The second-order valence-corrected chi connectivity index (χ2v) is 8.17. The molecule has 0 radical (unpaired) electrons. The van der Waals surface area contributed by atoms with Gasteiger partial charge >= 0.3 is 0 Å².